The summed E-state index contributed by atoms with van der Waals surface area (Å²) >= 11 is 1.67. The summed E-state index contributed by atoms with van der Waals surface area (Å²) in [6, 6.07) is 11.2. The average molecular weight is 244 g/mol. The van der Waals surface area contributed by atoms with E-state index in [9.17, 15) is 4.79 Å². The van der Waals surface area contributed by atoms with Gasteiger partial charge in [0.25, 0.3) is 5.91 Å². The van der Waals surface area contributed by atoms with Crippen molar-refractivity contribution >= 4 is 23.4 Å². The van der Waals surface area contributed by atoms with Gasteiger partial charge in [0.05, 0.1) is 5.56 Å². The topological polar surface area (TPSA) is 42.0 Å². The molecule has 1 amide bonds. The number of anilines is 1. The normalized spacial score (nSPS) is 9.94. The molecule has 0 unspecified atom stereocenters. The number of thioether (sulfide) groups is 1. The van der Waals surface area contributed by atoms with Crippen molar-refractivity contribution in [2.75, 3.05) is 11.6 Å². The minimum absolute atomic E-state index is 0.144. The van der Waals surface area contributed by atoms with E-state index in [0.717, 1.165) is 5.69 Å². The number of aromatic nitrogens is 1. The monoisotopic (exact) mass is 244 g/mol. The lowest BCUT2D eigenvalue weighted by Crippen LogP contribution is -2.11. The number of nitrogens with one attached hydrogen (secondary N) is 1. The summed E-state index contributed by atoms with van der Waals surface area (Å²) < 4.78 is 0. The first-order valence-corrected chi connectivity index (χ1v) is 6.37. The van der Waals surface area contributed by atoms with Crippen LogP contribution >= 0.6 is 11.8 Å². The minimum Gasteiger partial charge on any atom is -0.322 e. The van der Waals surface area contributed by atoms with Crippen molar-refractivity contribution in [1.29, 1.82) is 0 Å². The van der Waals surface area contributed by atoms with Gasteiger partial charge in [-0.2, -0.15) is 0 Å². The molecule has 1 N–H and O–H groups in total. The molecule has 1 aromatic carbocycles. The Labute approximate surface area is 104 Å². The molecule has 17 heavy (non-hydrogen) atoms. The Hall–Kier alpha value is -1.81. The van der Waals surface area contributed by atoms with Crippen LogP contribution in [0.3, 0.4) is 0 Å². The highest BCUT2D eigenvalue weighted by atomic mass is 32.2. The van der Waals surface area contributed by atoms with Crippen LogP contribution in [0.2, 0.25) is 0 Å². The number of benzene rings is 1. The summed E-state index contributed by atoms with van der Waals surface area (Å²) in [5.74, 6) is -0.144. The van der Waals surface area contributed by atoms with Crippen LogP contribution in [0, 0.1) is 0 Å². The molecule has 0 saturated carbocycles. The number of pyridine rings is 1. The zero-order valence-corrected chi connectivity index (χ0v) is 10.2. The van der Waals surface area contributed by atoms with E-state index in [1.54, 1.807) is 36.3 Å². The second kappa shape index (κ2) is 5.50. The first-order chi connectivity index (χ1) is 8.29. The summed E-state index contributed by atoms with van der Waals surface area (Å²) in [5, 5.41) is 2.82. The zero-order valence-electron chi connectivity index (χ0n) is 9.38. The molecular formula is C13H12N2OS. The van der Waals surface area contributed by atoms with Crippen LogP contribution in [0.15, 0.2) is 53.7 Å². The maximum Gasteiger partial charge on any atom is 0.257 e. The lowest BCUT2D eigenvalue weighted by Gasteiger charge is -2.05. The molecule has 0 bridgehead atoms. The van der Waals surface area contributed by atoms with Crippen LogP contribution < -0.4 is 5.32 Å². The predicted octanol–water partition coefficient (Wildman–Crippen LogP) is 3.06. The van der Waals surface area contributed by atoms with E-state index < -0.39 is 0 Å². The molecule has 0 saturated heterocycles. The van der Waals surface area contributed by atoms with Gasteiger partial charge in [-0.05, 0) is 42.7 Å². The first-order valence-electron chi connectivity index (χ1n) is 5.15. The van der Waals surface area contributed by atoms with Crippen LogP contribution in [0.4, 0.5) is 5.69 Å². The largest absolute Gasteiger partial charge is 0.322 e. The maximum atomic E-state index is 11.8. The number of carbonyl (C=O) groups is 1. The van der Waals surface area contributed by atoms with Gasteiger partial charge in [-0.3, -0.25) is 9.78 Å². The molecule has 0 aliphatic rings. The quantitative estimate of drug-likeness (QED) is 0.844. The van der Waals surface area contributed by atoms with Crippen LogP contribution in [-0.2, 0) is 0 Å². The van der Waals surface area contributed by atoms with E-state index in [1.807, 2.05) is 30.5 Å². The lowest BCUT2D eigenvalue weighted by atomic mass is 10.2. The molecule has 86 valence electrons. The van der Waals surface area contributed by atoms with Crippen molar-refractivity contribution in [3.8, 4) is 0 Å². The number of carbonyl (C=O) groups excluding carboxylic acids is 1. The third-order valence-electron chi connectivity index (χ3n) is 2.27. The van der Waals surface area contributed by atoms with Gasteiger partial charge in [-0.15, -0.1) is 11.8 Å². The Balaban J connectivity index is 2.08. The van der Waals surface area contributed by atoms with Gasteiger partial charge in [0.15, 0.2) is 0 Å². The molecule has 1 aromatic heterocycles. The average Bonchev–Trinajstić information content (AvgIpc) is 2.40. The summed E-state index contributed by atoms with van der Waals surface area (Å²) in [5.41, 5.74) is 1.35. The summed E-state index contributed by atoms with van der Waals surface area (Å²) in [6.07, 6.45) is 5.21. The molecule has 0 radical (unpaired) electrons. The van der Waals surface area contributed by atoms with Crippen molar-refractivity contribution < 1.29 is 4.79 Å². The standard InChI is InChI=1S/C13H12N2OS/c1-17-12-6-4-11(5-7-12)15-13(16)10-3-2-8-14-9-10/h2-9H,1H3,(H,15,16). The maximum absolute atomic E-state index is 11.8. The number of hydrogen-bond donors (Lipinski definition) is 1. The number of amides is 1. The predicted molar refractivity (Wildman–Crippen MR) is 70.4 cm³/mol. The third kappa shape index (κ3) is 3.07. The van der Waals surface area contributed by atoms with Crippen LogP contribution in [0.25, 0.3) is 0 Å². The fraction of sp³-hybridized carbons (Fsp3) is 0.0769. The van der Waals surface area contributed by atoms with Crippen LogP contribution in [0.1, 0.15) is 10.4 Å². The molecule has 0 spiro atoms. The Kier molecular flexibility index (Phi) is 3.77. The van der Waals surface area contributed by atoms with Crippen molar-refractivity contribution in [2.24, 2.45) is 0 Å². The van der Waals surface area contributed by atoms with Gasteiger partial charge in [0.2, 0.25) is 0 Å². The van der Waals surface area contributed by atoms with Crippen LogP contribution in [0.5, 0.6) is 0 Å². The lowest BCUT2D eigenvalue weighted by molar-refractivity contribution is 0.102. The Morgan fingerprint density at radius 3 is 2.59 bits per heavy atom. The van der Waals surface area contributed by atoms with E-state index in [4.69, 9.17) is 0 Å². The smallest absolute Gasteiger partial charge is 0.257 e. The molecular weight excluding hydrogens is 232 g/mol. The first kappa shape index (κ1) is 11.7. The molecule has 4 heteroatoms. The van der Waals surface area contributed by atoms with Crippen molar-refractivity contribution in [3.63, 3.8) is 0 Å². The van der Waals surface area contributed by atoms with Gasteiger partial charge in [0.1, 0.15) is 0 Å². The fourth-order valence-corrected chi connectivity index (χ4v) is 1.78. The van der Waals surface area contributed by atoms with Gasteiger partial charge in [0, 0.05) is 23.0 Å². The Morgan fingerprint density at radius 2 is 2.00 bits per heavy atom. The fourth-order valence-electron chi connectivity index (χ4n) is 1.37. The molecule has 0 aliphatic heterocycles. The molecule has 0 fully saturated rings. The zero-order chi connectivity index (χ0) is 12.1. The van der Waals surface area contributed by atoms with Gasteiger partial charge < -0.3 is 5.32 Å². The van der Waals surface area contributed by atoms with E-state index in [2.05, 4.69) is 10.3 Å². The van der Waals surface area contributed by atoms with Gasteiger partial charge in [-0.25, -0.2) is 0 Å². The Bertz CT molecular complexity index is 497. The van der Waals surface area contributed by atoms with E-state index in [-0.39, 0.29) is 5.91 Å². The van der Waals surface area contributed by atoms with Crippen molar-refractivity contribution in [1.82, 2.24) is 4.98 Å². The highest BCUT2D eigenvalue weighted by Gasteiger charge is 2.05. The molecule has 0 aliphatic carbocycles. The van der Waals surface area contributed by atoms with E-state index in [1.165, 1.54) is 4.90 Å². The molecule has 3 nitrogen and oxygen atoms in total. The summed E-state index contributed by atoms with van der Waals surface area (Å²) in [7, 11) is 0. The third-order valence-corrected chi connectivity index (χ3v) is 3.02. The summed E-state index contributed by atoms with van der Waals surface area (Å²) in [6.45, 7) is 0. The van der Waals surface area contributed by atoms with E-state index in [0.29, 0.717) is 5.56 Å². The second-order valence-electron chi connectivity index (χ2n) is 3.42. The number of rotatable bonds is 3. The highest BCUT2D eigenvalue weighted by Crippen LogP contribution is 2.17. The van der Waals surface area contributed by atoms with E-state index >= 15 is 0 Å². The summed E-state index contributed by atoms with van der Waals surface area (Å²) in [4.78, 5) is 16.9. The van der Waals surface area contributed by atoms with Gasteiger partial charge >= 0.3 is 0 Å². The van der Waals surface area contributed by atoms with Crippen LogP contribution in [-0.4, -0.2) is 17.1 Å². The molecule has 1 heterocycles. The van der Waals surface area contributed by atoms with Gasteiger partial charge in [-0.1, -0.05) is 0 Å². The SMILES string of the molecule is CSc1ccc(NC(=O)c2cccnc2)cc1. The molecule has 2 aromatic rings. The Morgan fingerprint density at radius 1 is 1.24 bits per heavy atom. The van der Waals surface area contributed by atoms with Crippen molar-refractivity contribution in [2.45, 2.75) is 4.90 Å². The highest BCUT2D eigenvalue weighted by molar-refractivity contribution is 7.98. The van der Waals surface area contributed by atoms with Crippen molar-refractivity contribution in [3.05, 3.63) is 54.4 Å². The number of nitrogens with zero attached hydrogens (tertiary/aromatic N) is 1. The second-order valence-corrected chi connectivity index (χ2v) is 4.30. The minimum atomic E-state index is -0.144. The number of hydrogen-bond acceptors (Lipinski definition) is 3. The molecule has 2 rings (SSSR count). The molecule has 0 atom stereocenters.